The van der Waals surface area contributed by atoms with Crippen molar-refractivity contribution < 1.29 is 10.0 Å². The first kappa shape index (κ1) is 11.5. The highest BCUT2D eigenvalue weighted by Crippen LogP contribution is 2.16. The van der Waals surface area contributed by atoms with Crippen LogP contribution in [0.25, 0.3) is 0 Å². The van der Waals surface area contributed by atoms with Crippen LogP contribution in [0.3, 0.4) is 0 Å². The molecule has 2 N–H and O–H groups in total. The monoisotopic (exact) mass is 210 g/mol. The van der Waals surface area contributed by atoms with E-state index in [0.717, 1.165) is 5.69 Å². The van der Waals surface area contributed by atoms with Gasteiger partial charge in [0.25, 0.3) is 5.69 Å². The first-order valence-corrected chi connectivity index (χ1v) is 4.70. The van der Waals surface area contributed by atoms with Gasteiger partial charge in [-0.25, -0.2) is 0 Å². The Morgan fingerprint density at radius 2 is 1.87 bits per heavy atom. The number of aliphatic hydroxyl groups excluding tert-OH is 1. The molecule has 2 atom stereocenters. The van der Waals surface area contributed by atoms with E-state index in [0.29, 0.717) is 0 Å². The van der Waals surface area contributed by atoms with E-state index in [-0.39, 0.29) is 11.7 Å². The molecule has 1 aromatic carbocycles. The molecular formula is C10H14N2O3. The number of hydrogen-bond donors (Lipinski definition) is 2. The molecule has 1 aromatic rings. The van der Waals surface area contributed by atoms with Crippen LogP contribution in [0.4, 0.5) is 11.4 Å². The number of nitro groups is 1. The molecule has 0 radical (unpaired) electrons. The summed E-state index contributed by atoms with van der Waals surface area (Å²) in [6.45, 7) is 3.52. The first-order valence-electron chi connectivity index (χ1n) is 4.70. The number of nitrogens with zero attached hydrogens (tertiary/aromatic N) is 1. The average Bonchev–Trinajstić information content (AvgIpc) is 2.18. The number of non-ortho nitro benzene ring substituents is 1. The van der Waals surface area contributed by atoms with Crippen molar-refractivity contribution in [1.82, 2.24) is 0 Å². The minimum absolute atomic E-state index is 0.0604. The minimum Gasteiger partial charge on any atom is -0.391 e. The first-order chi connectivity index (χ1) is 7.00. The maximum absolute atomic E-state index is 10.4. The number of nitrogens with one attached hydrogen (secondary N) is 1. The summed E-state index contributed by atoms with van der Waals surface area (Å²) in [4.78, 5) is 9.95. The molecule has 15 heavy (non-hydrogen) atoms. The highest BCUT2D eigenvalue weighted by molar-refractivity contribution is 5.49. The quantitative estimate of drug-likeness (QED) is 0.586. The van der Waals surface area contributed by atoms with Crippen molar-refractivity contribution in [3.8, 4) is 0 Å². The lowest BCUT2D eigenvalue weighted by Crippen LogP contribution is -2.27. The lowest BCUT2D eigenvalue weighted by Gasteiger charge is -2.17. The molecule has 0 saturated heterocycles. The fourth-order valence-corrected chi connectivity index (χ4v) is 1.06. The fourth-order valence-electron chi connectivity index (χ4n) is 1.06. The maximum atomic E-state index is 10.4. The highest BCUT2D eigenvalue weighted by Gasteiger charge is 2.09. The third-order valence-corrected chi connectivity index (χ3v) is 2.20. The number of hydrogen-bond acceptors (Lipinski definition) is 4. The molecule has 0 bridgehead atoms. The smallest absolute Gasteiger partial charge is 0.269 e. The van der Waals surface area contributed by atoms with Crippen molar-refractivity contribution in [1.29, 1.82) is 0 Å². The normalized spacial score (nSPS) is 14.3. The summed E-state index contributed by atoms with van der Waals surface area (Å²) in [5.41, 5.74) is 0.819. The molecule has 0 fully saturated rings. The summed E-state index contributed by atoms with van der Waals surface area (Å²) in [6, 6.07) is 6.01. The standard InChI is InChI=1S/C10H14N2O3/c1-7(8(2)13)11-9-3-5-10(6-4-9)12(14)15/h3-8,11,13H,1-2H3/t7-,8+/m0/s1. The van der Waals surface area contributed by atoms with Gasteiger partial charge in [0, 0.05) is 23.9 Å². The van der Waals surface area contributed by atoms with Crippen molar-refractivity contribution >= 4 is 11.4 Å². The van der Waals surface area contributed by atoms with Gasteiger partial charge in [-0.1, -0.05) is 0 Å². The fraction of sp³-hybridized carbons (Fsp3) is 0.400. The van der Waals surface area contributed by atoms with Crippen molar-refractivity contribution in [3.05, 3.63) is 34.4 Å². The van der Waals surface area contributed by atoms with Gasteiger partial charge < -0.3 is 10.4 Å². The minimum atomic E-state index is -0.472. The van der Waals surface area contributed by atoms with E-state index < -0.39 is 11.0 Å². The SMILES string of the molecule is C[C@H](Nc1ccc([N+](=O)[O-])cc1)[C@@H](C)O. The van der Waals surface area contributed by atoms with E-state index in [9.17, 15) is 15.2 Å². The summed E-state index contributed by atoms with van der Waals surface area (Å²) in [7, 11) is 0. The Hall–Kier alpha value is -1.62. The molecular weight excluding hydrogens is 196 g/mol. The van der Waals surface area contributed by atoms with Gasteiger partial charge in [0.15, 0.2) is 0 Å². The Bertz CT molecular complexity index is 335. The van der Waals surface area contributed by atoms with Crippen molar-refractivity contribution in [3.63, 3.8) is 0 Å². The summed E-state index contributed by atoms with van der Waals surface area (Å²) in [6.07, 6.45) is -0.472. The predicted octanol–water partition coefficient (Wildman–Crippen LogP) is 1.78. The van der Waals surface area contributed by atoms with E-state index in [1.165, 1.54) is 12.1 Å². The highest BCUT2D eigenvalue weighted by atomic mass is 16.6. The number of aliphatic hydroxyl groups is 1. The second-order valence-electron chi connectivity index (χ2n) is 3.48. The molecule has 1 rings (SSSR count). The van der Waals surface area contributed by atoms with Crippen molar-refractivity contribution in [2.45, 2.75) is 26.0 Å². The number of nitro benzene ring substituents is 1. The van der Waals surface area contributed by atoms with E-state index in [1.54, 1.807) is 19.1 Å². The van der Waals surface area contributed by atoms with Gasteiger partial charge in [0.2, 0.25) is 0 Å². The summed E-state index contributed by atoms with van der Waals surface area (Å²) >= 11 is 0. The molecule has 0 aromatic heterocycles. The van der Waals surface area contributed by atoms with Gasteiger partial charge in [-0.15, -0.1) is 0 Å². The second-order valence-corrected chi connectivity index (χ2v) is 3.48. The van der Waals surface area contributed by atoms with Crippen LogP contribution in [0.2, 0.25) is 0 Å². The number of rotatable bonds is 4. The summed E-state index contributed by atoms with van der Waals surface area (Å²) in [5.74, 6) is 0. The molecule has 0 spiro atoms. The van der Waals surface area contributed by atoms with Crippen molar-refractivity contribution in [2.24, 2.45) is 0 Å². The molecule has 5 nitrogen and oxygen atoms in total. The Morgan fingerprint density at radius 3 is 2.27 bits per heavy atom. The molecule has 5 heteroatoms. The number of benzene rings is 1. The maximum Gasteiger partial charge on any atom is 0.269 e. The van der Waals surface area contributed by atoms with Crippen LogP contribution in [0.15, 0.2) is 24.3 Å². The van der Waals surface area contributed by atoms with E-state index in [1.807, 2.05) is 6.92 Å². The lowest BCUT2D eigenvalue weighted by atomic mass is 10.2. The Morgan fingerprint density at radius 1 is 1.33 bits per heavy atom. The van der Waals surface area contributed by atoms with E-state index in [2.05, 4.69) is 5.32 Å². The van der Waals surface area contributed by atoms with Gasteiger partial charge in [0.05, 0.1) is 11.0 Å². The van der Waals surface area contributed by atoms with Crippen LogP contribution in [0, 0.1) is 10.1 Å². The van der Waals surface area contributed by atoms with E-state index >= 15 is 0 Å². The Balaban J connectivity index is 2.68. The zero-order valence-electron chi connectivity index (χ0n) is 8.68. The molecule has 82 valence electrons. The summed E-state index contributed by atoms with van der Waals surface area (Å²) < 4.78 is 0. The average molecular weight is 210 g/mol. The third-order valence-electron chi connectivity index (χ3n) is 2.20. The third kappa shape index (κ3) is 3.21. The lowest BCUT2D eigenvalue weighted by molar-refractivity contribution is -0.384. The zero-order valence-corrected chi connectivity index (χ0v) is 8.68. The van der Waals surface area contributed by atoms with Crippen LogP contribution < -0.4 is 5.32 Å². The zero-order chi connectivity index (χ0) is 11.4. The van der Waals surface area contributed by atoms with Gasteiger partial charge in [0.1, 0.15) is 0 Å². The summed E-state index contributed by atoms with van der Waals surface area (Å²) in [5, 5.41) is 22.7. The molecule has 0 amide bonds. The van der Waals surface area contributed by atoms with Gasteiger partial charge >= 0.3 is 0 Å². The molecule has 0 heterocycles. The molecule has 0 saturated carbocycles. The largest absolute Gasteiger partial charge is 0.391 e. The van der Waals surface area contributed by atoms with Gasteiger partial charge in [-0.2, -0.15) is 0 Å². The van der Waals surface area contributed by atoms with Crippen molar-refractivity contribution in [2.75, 3.05) is 5.32 Å². The van der Waals surface area contributed by atoms with Crippen LogP contribution in [0.5, 0.6) is 0 Å². The van der Waals surface area contributed by atoms with Crippen LogP contribution in [-0.2, 0) is 0 Å². The van der Waals surface area contributed by atoms with Crippen LogP contribution >= 0.6 is 0 Å². The molecule has 0 unspecified atom stereocenters. The Labute approximate surface area is 87.9 Å². The molecule has 0 aliphatic carbocycles. The number of anilines is 1. The van der Waals surface area contributed by atoms with Gasteiger partial charge in [-0.05, 0) is 26.0 Å². The second kappa shape index (κ2) is 4.75. The molecule has 0 aliphatic rings. The molecule has 0 aliphatic heterocycles. The van der Waals surface area contributed by atoms with Gasteiger partial charge in [-0.3, -0.25) is 10.1 Å². The van der Waals surface area contributed by atoms with Crippen LogP contribution in [0.1, 0.15) is 13.8 Å². The van der Waals surface area contributed by atoms with Crippen LogP contribution in [-0.4, -0.2) is 22.2 Å². The predicted molar refractivity (Wildman–Crippen MR) is 57.9 cm³/mol. The Kier molecular flexibility index (Phi) is 3.62. The van der Waals surface area contributed by atoms with E-state index in [4.69, 9.17) is 0 Å². The topological polar surface area (TPSA) is 75.4 Å².